The second-order valence-electron chi connectivity index (χ2n) is 4.88. The van der Waals surface area contributed by atoms with Crippen LogP contribution in [-0.4, -0.2) is 19.4 Å². The molecule has 3 saturated carbocycles. The van der Waals surface area contributed by atoms with Gasteiger partial charge < -0.3 is 0 Å². The van der Waals surface area contributed by atoms with E-state index in [2.05, 4.69) is 6.92 Å². The van der Waals surface area contributed by atoms with E-state index in [9.17, 15) is 8.42 Å². The van der Waals surface area contributed by atoms with Gasteiger partial charge in [0, 0.05) is 6.26 Å². The van der Waals surface area contributed by atoms with Gasteiger partial charge in [0.1, 0.15) is 0 Å². The van der Waals surface area contributed by atoms with Crippen LogP contribution in [0.25, 0.3) is 0 Å². The summed E-state index contributed by atoms with van der Waals surface area (Å²) in [5, 5.41) is 0. The zero-order chi connectivity index (χ0) is 8.78. The molecule has 0 aromatic rings. The van der Waals surface area contributed by atoms with Crippen LogP contribution in [-0.2, 0) is 9.84 Å². The first-order valence-electron chi connectivity index (χ1n) is 4.67. The second kappa shape index (κ2) is 1.49. The van der Waals surface area contributed by atoms with Crippen LogP contribution in [0, 0.1) is 17.3 Å². The van der Waals surface area contributed by atoms with Gasteiger partial charge in [0.2, 0.25) is 0 Å². The van der Waals surface area contributed by atoms with Gasteiger partial charge in [-0.15, -0.1) is 0 Å². The molecule has 2 unspecified atom stereocenters. The molecule has 0 amide bonds. The van der Waals surface area contributed by atoms with Gasteiger partial charge in [-0.1, -0.05) is 13.3 Å². The highest BCUT2D eigenvalue weighted by atomic mass is 32.2. The van der Waals surface area contributed by atoms with E-state index < -0.39 is 9.84 Å². The molecule has 0 spiro atoms. The number of sulfone groups is 1. The summed E-state index contributed by atoms with van der Waals surface area (Å²) >= 11 is 0. The van der Waals surface area contributed by atoms with Crippen molar-refractivity contribution in [3.63, 3.8) is 0 Å². The van der Waals surface area contributed by atoms with E-state index in [1.807, 2.05) is 0 Å². The van der Waals surface area contributed by atoms with Crippen molar-refractivity contribution in [2.45, 2.75) is 30.9 Å². The maximum atomic E-state index is 11.6. The minimum Gasteiger partial charge on any atom is -0.229 e. The molecular formula is C9H14O2S. The quantitative estimate of drug-likeness (QED) is 0.617. The lowest BCUT2D eigenvalue weighted by Gasteiger charge is -2.25. The molecule has 3 rings (SSSR count). The summed E-state index contributed by atoms with van der Waals surface area (Å²) < 4.78 is 22.9. The Labute approximate surface area is 73.3 Å². The van der Waals surface area contributed by atoms with E-state index in [0.29, 0.717) is 11.8 Å². The van der Waals surface area contributed by atoms with Crippen LogP contribution in [0.1, 0.15) is 26.2 Å². The molecule has 0 radical (unpaired) electrons. The van der Waals surface area contributed by atoms with Gasteiger partial charge in [0.15, 0.2) is 9.84 Å². The summed E-state index contributed by atoms with van der Waals surface area (Å²) in [5.74, 6) is 1.05. The summed E-state index contributed by atoms with van der Waals surface area (Å²) in [6.07, 6.45) is 4.99. The monoisotopic (exact) mass is 186 g/mol. The third-order valence-electron chi connectivity index (χ3n) is 4.76. The molecule has 0 aromatic carbocycles. The van der Waals surface area contributed by atoms with Gasteiger partial charge in [0.25, 0.3) is 0 Å². The zero-order valence-electron chi connectivity index (χ0n) is 7.50. The van der Waals surface area contributed by atoms with Gasteiger partial charge in [0.05, 0.1) is 4.75 Å². The Morgan fingerprint density at radius 1 is 1.25 bits per heavy atom. The fourth-order valence-corrected chi connectivity index (χ4v) is 7.04. The van der Waals surface area contributed by atoms with Crippen molar-refractivity contribution in [2.75, 3.05) is 6.26 Å². The summed E-state index contributed by atoms with van der Waals surface area (Å²) in [4.78, 5) is 0. The summed E-state index contributed by atoms with van der Waals surface area (Å²) in [7, 11) is -2.77. The van der Waals surface area contributed by atoms with E-state index >= 15 is 0 Å². The first kappa shape index (κ1) is 7.36. The fourth-order valence-electron chi connectivity index (χ4n) is 4.32. The Kier molecular flexibility index (Phi) is 0.916. The molecule has 2 nitrogen and oxygen atoms in total. The van der Waals surface area contributed by atoms with Crippen LogP contribution >= 0.6 is 0 Å². The van der Waals surface area contributed by atoms with Crippen LogP contribution in [0.2, 0.25) is 0 Å². The number of hydrogen-bond acceptors (Lipinski definition) is 2. The van der Waals surface area contributed by atoms with Crippen molar-refractivity contribution >= 4 is 9.84 Å². The van der Waals surface area contributed by atoms with Crippen molar-refractivity contribution in [1.82, 2.24) is 0 Å². The Bertz CT molecular complexity index is 343. The van der Waals surface area contributed by atoms with E-state index in [1.54, 1.807) is 0 Å². The van der Waals surface area contributed by atoms with Crippen molar-refractivity contribution in [3.8, 4) is 0 Å². The molecule has 0 aromatic heterocycles. The Balaban J connectivity index is 2.10. The second-order valence-corrected chi connectivity index (χ2v) is 7.10. The van der Waals surface area contributed by atoms with Gasteiger partial charge in [-0.3, -0.25) is 0 Å². The third-order valence-corrected chi connectivity index (χ3v) is 6.99. The molecule has 0 heterocycles. The van der Waals surface area contributed by atoms with Crippen molar-refractivity contribution in [3.05, 3.63) is 0 Å². The zero-order valence-corrected chi connectivity index (χ0v) is 8.32. The lowest BCUT2D eigenvalue weighted by molar-refractivity contribution is 0.288. The molecule has 3 heteroatoms. The average molecular weight is 186 g/mol. The molecule has 3 aliphatic carbocycles. The van der Waals surface area contributed by atoms with Crippen LogP contribution in [0.5, 0.6) is 0 Å². The molecule has 0 saturated heterocycles. The molecule has 3 fully saturated rings. The van der Waals surface area contributed by atoms with E-state index in [4.69, 9.17) is 0 Å². The molecular weight excluding hydrogens is 172 g/mol. The molecule has 0 N–H and O–H groups in total. The average Bonchev–Trinajstić information content (AvgIpc) is 2.74. The standard InChI is InChI=1S/C9H14O2S/c1-8-6-4-3-5-7(8)9(6,8)12(2,10)11/h6-7H,3-5H2,1-2H3. The predicted molar refractivity (Wildman–Crippen MR) is 46.5 cm³/mol. The third kappa shape index (κ3) is 0.413. The minimum absolute atomic E-state index is 0.221. The molecule has 12 heavy (non-hydrogen) atoms. The molecule has 2 atom stereocenters. The highest BCUT2D eigenvalue weighted by Crippen LogP contribution is 2.93. The van der Waals surface area contributed by atoms with Gasteiger partial charge >= 0.3 is 0 Å². The largest absolute Gasteiger partial charge is 0.229 e. The summed E-state index contributed by atoms with van der Waals surface area (Å²) in [5.41, 5.74) is 0.221. The van der Waals surface area contributed by atoms with Gasteiger partial charge in [-0.2, -0.15) is 0 Å². The Morgan fingerprint density at radius 3 is 2.00 bits per heavy atom. The molecule has 3 aliphatic rings. The maximum Gasteiger partial charge on any atom is 0.154 e. The number of hydrogen-bond donors (Lipinski definition) is 0. The van der Waals surface area contributed by atoms with Crippen LogP contribution in [0.4, 0.5) is 0 Å². The first-order valence-corrected chi connectivity index (χ1v) is 6.56. The van der Waals surface area contributed by atoms with Gasteiger partial charge in [-0.25, -0.2) is 8.42 Å². The lowest BCUT2D eigenvalue weighted by Crippen LogP contribution is -2.27. The van der Waals surface area contributed by atoms with Crippen LogP contribution < -0.4 is 0 Å². The Hall–Kier alpha value is -0.0500. The molecule has 0 bridgehead atoms. The summed E-state index contributed by atoms with van der Waals surface area (Å²) in [6, 6.07) is 0. The maximum absolute atomic E-state index is 11.6. The highest BCUT2D eigenvalue weighted by Gasteiger charge is 2.99. The SMILES string of the molecule is CC12C3CCCC1C32S(C)(=O)=O. The van der Waals surface area contributed by atoms with Crippen molar-refractivity contribution < 1.29 is 8.42 Å². The first-order chi connectivity index (χ1) is 5.47. The minimum atomic E-state index is -2.77. The van der Waals surface area contributed by atoms with Crippen LogP contribution in [0.3, 0.4) is 0 Å². The molecule has 0 aliphatic heterocycles. The Morgan fingerprint density at radius 2 is 1.75 bits per heavy atom. The lowest BCUT2D eigenvalue weighted by atomic mass is 9.83. The van der Waals surface area contributed by atoms with Crippen molar-refractivity contribution in [1.29, 1.82) is 0 Å². The summed E-state index contributed by atoms with van der Waals surface area (Å²) in [6.45, 7) is 2.17. The normalized spacial score (nSPS) is 60.8. The van der Waals surface area contributed by atoms with E-state index in [1.165, 1.54) is 12.7 Å². The predicted octanol–water partition coefficient (Wildman–Crippen LogP) is 1.22. The van der Waals surface area contributed by atoms with Crippen molar-refractivity contribution in [2.24, 2.45) is 17.3 Å². The number of rotatable bonds is 1. The van der Waals surface area contributed by atoms with Crippen LogP contribution in [0.15, 0.2) is 0 Å². The highest BCUT2D eigenvalue weighted by molar-refractivity contribution is 7.92. The fraction of sp³-hybridized carbons (Fsp3) is 1.00. The number of fused-ring (bicyclic) bond motifs is 2. The van der Waals surface area contributed by atoms with E-state index in [-0.39, 0.29) is 10.2 Å². The topological polar surface area (TPSA) is 34.1 Å². The smallest absolute Gasteiger partial charge is 0.154 e. The van der Waals surface area contributed by atoms with Gasteiger partial charge in [-0.05, 0) is 30.1 Å². The van der Waals surface area contributed by atoms with E-state index in [0.717, 1.165) is 12.8 Å². The molecule has 68 valence electrons.